The maximum absolute atomic E-state index is 14.1. The SMILES string of the molecule is CC(=O)c1cc(N2CCOCC2)cn2c(=O)c(OCc3ccccc3)c(-c3ncc(Cc4ccc(F)cc4)s3)nc12. The molecule has 0 spiro atoms. The highest BCUT2D eigenvalue weighted by atomic mass is 32.1. The summed E-state index contributed by atoms with van der Waals surface area (Å²) < 4.78 is 26.4. The Morgan fingerprint density at radius 2 is 1.83 bits per heavy atom. The number of thiazole rings is 1. The molecule has 0 saturated carbocycles. The number of anilines is 1. The van der Waals surface area contributed by atoms with E-state index in [2.05, 4.69) is 9.88 Å². The first-order valence-electron chi connectivity index (χ1n) is 13.3. The van der Waals surface area contributed by atoms with Crippen LogP contribution in [0.15, 0.2) is 77.9 Å². The molecule has 1 saturated heterocycles. The van der Waals surface area contributed by atoms with Gasteiger partial charge in [0.05, 0.1) is 24.5 Å². The molecule has 0 radical (unpaired) electrons. The van der Waals surface area contributed by atoms with Crippen LogP contribution in [0.1, 0.15) is 33.3 Å². The molecule has 5 aromatic rings. The highest BCUT2D eigenvalue weighted by Crippen LogP contribution is 2.32. The largest absolute Gasteiger partial charge is 0.481 e. The highest BCUT2D eigenvalue weighted by molar-refractivity contribution is 7.15. The van der Waals surface area contributed by atoms with Gasteiger partial charge in [-0.3, -0.25) is 14.0 Å². The summed E-state index contributed by atoms with van der Waals surface area (Å²) in [5.74, 6) is -0.440. The van der Waals surface area contributed by atoms with Gasteiger partial charge in [0.1, 0.15) is 23.1 Å². The molecule has 0 aliphatic carbocycles. The van der Waals surface area contributed by atoms with Crippen molar-refractivity contribution in [1.29, 1.82) is 0 Å². The van der Waals surface area contributed by atoms with Gasteiger partial charge in [-0.05, 0) is 36.2 Å². The molecule has 0 amide bonds. The standard InChI is InChI=1S/C31H27FN4O4S/c1-20(37)26-16-24(35-11-13-39-14-12-35)18-36-29(26)34-27(28(31(36)38)40-19-22-5-3-2-4-6-22)30-33-17-25(41-30)15-21-7-9-23(32)10-8-21/h2-10,16-18H,11-15,19H2,1H3. The minimum absolute atomic E-state index is 0.0580. The van der Waals surface area contributed by atoms with E-state index in [0.29, 0.717) is 43.3 Å². The van der Waals surface area contributed by atoms with Crippen molar-refractivity contribution in [1.82, 2.24) is 14.4 Å². The van der Waals surface area contributed by atoms with E-state index in [1.54, 1.807) is 30.6 Å². The molecule has 0 atom stereocenters. The second kappa shape index (κ2) is 11.6. The van der Waals surface area contributed by atoms with Crippen LogP contribution in [0.5, 0.6) is 5.75 Å². The minimum atomic E-state index is -0.422. The molecule has 1 fully saturated rings. The number of fused-ring (bicyclic) bond motifs is 1. The fraction of sp³-hybridized carbons (Fsp3) is 0.226. The fourth-order valence-electron chi connectivity index (χ4n) is 4.77. The third-order valence-corrected chi connectivity index (χ3v) is 7.90. The van der Waals surface area contributed by atoms with Gasteiger partial charge in [-0.2, -0.15) is 0 Å². The molecular weight excluding hydrogens is 543 g/mol. The number of carbonyl (C=O) groups is 1. The summed E-state index contributed by atoms with van der Waals surface area (Å²) in [4.78, 5) is 39.3. The Kier molecular flexibility index (Phi) is 7.58. The molecule has 3 aromatic heterocycles. The van der Waals surface area contributed by atoms with Gasteiger partial charge >= 0.3 is 5.56 Å². The Hall–Kier alpha value is -4.41. The number of hydrogen-bond acceptors (Lipinski definition) is 8. The van der Waals surface area contributed by atoms with Crippen molar-refractivity contribution < 1.29 is 18.7 Å². The van der Waals surface area contributed by atoms with Crippen LogP contribution < -0.4 is 15.2 Å². The van der Waals surface area contributed by atoms with Crippen molar-refractivity contribution in [2.45, 2.75) is 20.0 Å². The van der Waals surface area contributed by atoms with Crippen LogP contribution in [0.4, 0.5) is 10.1 Å². The van der Waals surface area contributed by atoms with Crippen molar-refractivity contribution in [2.24, 2.45) is 0 Å². The number of ether oxygens (including phenoxy) is 2. The first kappa shape index (κ1) is 26.8. The summed E-state index contributed by atoms with van der Waals surface area (Å²) >= 11 is 1.38. The predicted octanol–water partition coefficient (Wildman–Crippen LogP) is 5.17. The lowest BCUT2D eigenvalue weighted by molar-refractivity contribution is 0.101. The normalized spacial score (nSPS) is 13.5. The van der Waals surface area contributed by atoms with Crippen LogP contribution in [0.25, 0.3) is 16.3 Å². The molecule has 2 aromatic carbocycles. The van der Waals surface area contributed by atoms with E-state index in [-0.39, 0.29) is 35.3 Å². The topological polar surface area (TPSA) is 86.0 Å². The number of Topliss-reactive ketones (excluding diaryl/α,β-unsaturated/α-hetero) is 1. The van der Waals surface area contributed by atoms with Crippen LogP contribution in [0.3, 0.4) is 0 Å². The third kappa shape index (κ3) is 5.75. The lowest BCUT2D eigenvalue weighted by Crippen LogP contribution is -2.36. The van der Waals surface area contributed by atoms with Crippen molar-refractivity contribution in [3.63, 3.8) is 0 Å². The molecule has 8 nitrogen and oxygen atoms in total. The van der Waals surface area contributed by atoms with Crippen molar-refractivity contribution >= 4 is 28.5 Å². The molecule has 4 heterocycles. The maximum atomic E-state index is 14.1. The third-order valence-electron chi connectivity index (χ3n) is 6.90. The van der Waals surface area contributed by atoms with E-state index < -0.39 is 5.56 Å². The number of hydrogen-bond donors (Lipinski definition) is 0. The molecule has 6 rings (SSSR count). The van der Waals surface area contributed by atoms with Crippen LogP contribution >= 0.6 is 11.3 Å². The fourth-order valence-corrected chi connectivity index (χ4v) is 5.70. The lowest BCUT2D eigenvalue weighted by Gasteiger charge is -2.29. The number of halogens is 1. The number of morpholine rings is 1. The summed E-state index contributed by atoms with van der Waals surface area (Å²) in [6, 6.07) is 17.6. The zero-order valence-corrected chi connectivity index (χ0v) is 23.2. The van der Waals surface area contributed by atoms with Crippen LogP contribution in [-0.2, 0) is 17.8 Å². The summed E-state index contributed by atoms with van der Waals surface area (Å²) in [5.41, 5.74) is 3.01. The summed E-state index contributed by atoms with van der Waals surface area (Å²) in [5, 5.41) is 0.497. The Labute approximate surface area is 239 Å². The summed E-state index contributed by atoms with van der Waals surface area (Å²) in [6.07, 6.45) is 3.98. The average molecular weight is 571 g/mol. The number of carbonyl (C=O) groups excluding carboxylic acids is 1. The van der Waals surface area contributed by atoms with E-state index in [0.717, 1.165) is 21.7 Å². The second-order valence-corrected chi connectivity index (χ2v) is 10.9. The number of pyridine rings is 1. The van der Waals surface area contributed by atoms with Crippen LogP contribution in [0, 0.1) is 5.82 Å². The Bertz CT molecular complexity index is 1760. The summed E-state index contributed by atoms with van der Waals surface area (Å²) in [6.45, 7) is 4.05. The van der Waals surface area contributed by atoms with Gasteiger partial charge in [-0.1, -0.05) is 42.5 Å². The lowest BCUT2D eigenvalue weighted by atomic mass is 10.1. The van der Waals surface area contributed by atoms with Crippen molar-refractivity contribution in [3.8, 4) is 16.5 Å². The van der Waals surface area contributed by atoms with E-state index in [1.807, 2.05) is 30.3 Å². The molecule has 1 aliphatic rings. The number of rotatable bonds is 8. The molecule has 0 unspecified atom stereocenters. The second-order valence-electron chi connectivity index (χ2n) is 9.77. The smallest absolute Gasteiger partial charge is 0.301 e. The van der Waals surface area contributed by atoms with Gasteiger partial charge in [-0.25, -0.2) is 14.4 Å². The van der Waals surface area contributed by atoms with Crippen LogP contribution in [0.2, 0.25) is 0 Å². The number of benzene rings is 2. The van der Waals surface area contributed by atoms with E-state index >= 15 is 0 Å². The molecular formula is C31H27FN4O4S. The first-order chi connectivity index (χ1) is 20.0. The molecule has 208 valence electrons. The summed E-state index contributed by atoms with van der Waals surface area (Å²) in [7, 11) is 0. The van der Waals surface area contributed by atoms with E-state index in [9.17, 15) is 14.0 Å². The number of nitrogens with zero attached hydrogens (tertiary/aromatic N) is 4. The van der Waals surface area contributed by atoms with Crippen LogP contribution in [-0.4, -0.2) is 46.5 Å². The zero-order valence-electron chi connectivity index (χ0n) is 22.4. The Morgan fingerprint density at radius 1 is 1.07 bits per heavy atom. The van der Waals surface area contributed by atoms with Crippen molar-refractivity contribution in [2.75, 3.05) is 31.2 Å². The van der Waals surface area contributed by atoms with Gasteiger partial charge in [-0.15, -0.1) is 11.3 Å². The predicted molar refractivity (Wildman–Crippen MR) is 156 cm³/mol. The number of aromatic nitrogens is 3. The van der Waals surface area contributed by atoms with Gasteiger partial charge in [0.2, 0.25) is 5.75 Å². The van der Waals surface area contributed by atoms with Gasteiger partial charge < -0.3 is 14.4 Å². The van der Waals surface area contributed by atoms with Crippen molar-refractivity contribution in [3.05, 3.63) is 111 Å². The number of ketones is 1. The van der Waals surface area contributed by atoms with Gasteiger partial charge in [0.15, 0.2) is 11.4 Å². The van der Waals surface area contributed by atoms with Gasteiger partial charge in [0.25, 0.3) is 0 Å². The molecule has 0 bridgehead atoms. The van der Waals surface area contributed by atoms with E-state index in [4.69, 9.17) is 14.5 Å². The van der Waals surface area contributed by atoms with E-state index in [1.165, 1.54) is 34.8 Å². The van der Waals surface area contributed by atoms with Gasteiger partial charge in [0, 0.05) is 36.8 Å². The Morgan fingerprint density at radius 3 is 2.56 bits per heavy atom. The molecule has 10 heteroatoms. The molecule has 41 heavy (non-hydrogen) atoms. The highest BCUT2D eigenvalue weighted by Gasteiger charge is 2.24. The minimum Gasteiger partial charge on any atom is -0.481 e. The Balaban J connectivity index is 1.47. The molecule has 0 N–H and O–H groups in total. The monoisotopic (exact) mass is 570 g/mol. The first-order valence-corrected chi connectivity index (χ1v) is 14.1. The maximum Gasteiger partial charge on any atom is 0.301 e. The quantitative estimate of drug-likeness (QED) is 0.238. The molecule has 1 aliphatic heterocycles. The average Bonchev–Trinajstić information content (AvgIpc) is 3.46. The zero-order chi connectivity index (χ0) is 28.3.